The van der Waals surface area contributed by atoms with Crippen molar-refractivity contribution in [1.82, 2.24) is 44.9 Å². The van der Waals surface area contributed by atoms with Crippen LogP contribution in [0.3, 0.4) is 0 Å². The molecule has 60 heavy (non-hydrogen) atoms. The van der Waals surface area contributed by atoms with Crippen molar-refractivity contribution in [3.63, 3.8) is 0 Å². The first kappa shape index (κ1) is 40.3. The van der Waals surface area contributed by atoms with E-state index in [4.69, 9.17) is 48.6 Å². The zero-order valence-electron chi connectivity index (χ0n) is 33.4. The summed E-state index contributed by atoms with van der Waals surface area (Å²) in [5, 5.41) is 0. The second kappa shape index (κ2) is 17.7. The minimum absolute atomic E-state index is 0.0488. The highest BCUT2D eigenvalue weighted by atomic mass is 16.5. The third kappa shape index (κ3) is 9.12. The second-order valence-corrected chi connectivity index (χ2v) is 13.5. The number of ether oxygens (including phenoxy) is 3. The number of benzene rings is 4. The summed E-state index contributed by atoms with van der Waals surface area (Å²) in [5.41, 5.74) is 43.7. The largest absolute Gasteiger partial charge is 0.489 e. The van der Waals surface area contributed by atoms with Gasteiger partial charge >= 0.3 is 0 Å². The van der Waals surface area contributed by atoms with Crippen LogP contribution in [0, 0.1) is 0 Å². The Labute approximate surface area is 345 Å². The number of anilines is 6. The van der Waals surface area contributed by atoms with Crippen molar-refractivity contribution in [3.05, 3.63) is 106 Å². The maximum Gasteiger partial charge on any atom is 0.225 e. The summed E-state index contributed by atoms with van der Waals surface area (Å²) < 4.78 is 19.5. The molecular weight excluding hydrogens is 763 g/mol. The minimum atomic E-state index is 0.0488. The van der Waals surface area contributed by atoms with Gasteiger partial charge in [-0.05, 0) is 125 Å². The van der Waals surface area contributed by atoms with E-state index in [1.807, 2.05) is 72.8 Å². The molecule has 7 rings (SSSR count). The fourth-order valence-corrected chi connectivity index (χ4v) is 7.08. The molecule has 0 saturated heterocycles. The van der Waals surface area contributed by atoms with Crippen molar-refractivity contribution in [3.8, 4) is 51.4 Å². The molecule has 0 saturated carbocycles. The quantitative estimate of drug-likeness (QED) is 0.0779. The Hall–Kier alpha value is -7.89. The van der Waals surface area contributed by atoms with Gasteiger partial charge in [-0.2, -0.15) is 44.9 Å². The average molecular weight is 808 g/mol. The van der Waals surface area contributed by atoms with Gasteiger partial charge in [0.25, 0.3) is 0 Å². The van der Waals surface area contributed by atoms with Gasteiger partial charge in [0.15, 0.2) is 17.5 Å². The van der Waals surface area contributed by atoms with Gasteiger partial charge in [-0.3, -0.25) is 0 Å². The molecule has 0 fully saturated rings. The third-order valence-corrected chi connectivity index (χ3v) is 9.74. The molecule has 3 heterocycles. The number of aromatic nitrogens is 9. The molecule has 0 aliphatic rings. The van der Waals surface area contributed by atoms with E-state index in [9.17, 15) is 0 Å². The second-order valence-electron chi connectivity index (χ2n) is 13.5. The van der Waals surface area contributed by atoms with Crippen LogP contribution in [0.15, 0.2) is 72.8 Å². The van der Waals surface area contributed by atoms with E-state index >= 15 is 0 Å². The topological polar surface area (TPSA) is 300 Å². The number of hydrogen-bond acceptors (Lipinski definition) is 18. The van der Waals surface area contributed by atoms with Gasteiger partial charge in [-0.1, -0.05) is 20.8 Å². The van der Waals surface area contributed by atoms with Crippen LogP contribution in [-0.4, -0.2) is 44.9 Å². The highest BCUT2D eigenvalue weighted by Gasteiger charge is 2.23. The van der Waals surface area contributed by atoms with E-state index < -0.39 is 0 Å². The number of rotatable bonds is 15. The molecule has 0 spiro atoms. The van der Waals surface area contributed by atoms with Crippen molar-refractivity contribution in [2.75, 3.05) is 34.4 Å². The highest BCUT2D eigenvalue weighted by Crippen LogP contribution is 2.34. The minimum Gasteiger partial charge on any atom is -0.489 e. The summed E-state index contributed by atoms with van der Waals surface area (Å²) in [6.07, 6.45) is 2.23. The van der Waals surface area contributed by atoms with Crippen LogP contribution in [0.4, 0.5) is 35.7 Å². The molecule has 4 aromatic carbocycles. The van der Waals surface area contributed by atoms with E-state index in [1.165, 1.54) is 0 Å². The van der Waals surface area contributed by atoms with Gasteiger partial charge in [0.2, 0.25) is 35.7 Å². The lowest BCUT2D eigenvalue weighted by molar-refractivity contribution is 0.288. The van der Waals surface area contributed by atoms with Gasteiger partial charge < -0.3 is 48.6 Å². The summed E-state index contributed by atoms with van der Waals surface area (Å²) in [7, 11) is 0. The van der Waals surface area contributed by atoms with Crippen LogP contribution in [0.2, 0.25) is 0 Å². The summed E-state index contributed by atoms with van der Waals surface area (Å²) >= 11 is 0. The van der Waals surface area contributed by atoms with Crippen molar-refractivity contribution in [2.45, 2.75) is 59.9 Å². The molecule has 0 radical (unpaired) electrons. The molecule has 0 atom stereocenters. The summed E-state index contributed by atoms with van der Waals surface area (Å²) in [5.74, 6) is 3.41. The first-order valence-electron chi connectivity index (χ1n) is 19.2. The van der Waals surface area contributed by atoms with Crippen molar-refractivity contribution < 1.29 is 14.2 Å². The Morgan fingerprint density at radius 1 is 0.317 bits per heavy atom. The summed E-state index contributed by atoms with van der Waals surface area (Å²) in [4.78, 5) is 36.9. The predicted molar refractivity (Wildman–Crippen MR) is 230 cm³/mol. The molecular formula is C42H45N15O3. The van der Waals surface area contributed by atoms with Crippen LogP contribution in [0.25, 0.3) is 34.2 Å². The molecule has 0 aliphatic heterocycles. The molecule has 0 bridgehead atoms. The number of hydrogen-bond donors (Lipinski definition) is 6. The normalized spacial score (nSPS) is 11.1. The van der Waals surface area contributed by atoms with Crippen molar-refractivity contribution >= 4 is 35.7 Å². The molecule has 306 valence electrons. The zero-order valence-corrected chi connectivity index (χ0v) is 33.4. The Balaban J connectivity index is 1.20. The van der Waals surface area contributed by atoms with E-state index in [1.54, 1.807) is 0 Å². The lowest BCUT2D eigenvalue weighted by Crippen LogP contribution is -2.17. The van der Waals surface area contributed by atoms with Gasteiger partial charge in [0.05, 0.1) is 0 Å². The van der Waals surface area contributed by atoms with Crippen molar-refractivity contribution in [1.29, 1.82) is 0 Å². The lowest BCUT2D eigenvalue weighted by Gasteiger charge is -2.26. The maximum absolute atomic E-state index is 6.52. The Bertz CT molecular complexity index is 2260. The molecule has 18 nitrogen and oxygen atoms in total. The molecule has 0 unspecified atom stereocenters. The van der Waals surface area contributed by atoms with E-state index in [0.717, 1.165) is 69.3 Å². The number of nitrogens with zero attached hydrogens (tertiary/aromatic N) is 9. The third-order valence-electron chi connectivity index (χ3n) is 9.74. The van der Waals surface area contributed by atoms with Crippen LogP contribution in [0.1, 0.15) is 54.2 Å². The van der Waals surface area contributed by atoms with Crippen LogP contribution in [0.5, 0.6) is 17.2 Å². The Morgan fingerprint density at radius 3 is 0.733 bits per heavy atom. The smallest absolute Gasteiger partial charge is 0.225 e. The van der Waals surface area contributed by atoms with Crippen LogP contribution in [-0.2, 0) is 39.1 Å². The summed E-state index contributed by atoms with van der Waals surface area (Å²) in [6, 6.07) is 22.3. The van der Waals surface area contributed by atoms with Gasteiger partial charge in [0.1, 0.15) is 37.1 Å². The molecule has 0 amide bonds. The van der Waals surface area contributed by atoms with Gasteiger partial charge in [0, 0.05) is 16.7 Å². The monoisotopic (exact) mass is 807 g/mol. The Morgan fingerprint density at radius 2 is 0.533 bits per heavy atom. The fourth-order valence-electron chi connectivity index (χ4n) is 7.08. The first-order chi connectivity index (χ1) is 29.0. The lowest BCUT2D eigenvalue weighted by atomic mass is 9.84. The SMILES string of the molecule is CCc1c(COc2ccc(-c3nc(N)nc(N)n3)cc2)c(CC)c(COc2ccc(-c3nc(N)nc(N)n3)cc2)c(CC)c1COc1ccc(-c2nc(N)nc(N)n2)cc1. The van der Waals surface area contributed by atoms with Gasteiger partial charge in [-0.15, -0.1) is 0 Å². The van der Waals surface area contributed by atoms with E-state index in [-0.39, 0.29) is 35.7 Å². The number of nitrogens with two attached hydrogens (primary N) is 6. The first-order valence-corrected chi connectivity index (χ1v) is 19.2. The Kier molecular flexibility index (Phi) is 11.9. The molecule has 0 aliphatic carbocycles. The van der Waals surface area contributed by atoms with Crippen LogP contribution >= 0.6 is 0 Å². The standard InChI is InChI=1S/C42H45N15O3/c1-4-28-31(19-58-25-13-7-22(8-14-25)34-49-37(43)55-38(44)50-34)29(5-2)33(21-60-27-17-11-24(12-18-27)36-53-41(47)57-42(48)54-36)30(6-3)32(28)20-59-26-15-9-23(10-16-26)35-51-39(45)56-40(46)52-35/h7-18H,4-6,19-21H2,1-3H3,(H4,43,44,49,50,55)(H4,45,46,51,52,56)(H4,47,48,53,54,57). The summed E-state index contributed by atoms with van der Waals surface area (Å²) in [6.45, 7) is 7.36. The molecule has 7 aromatic rings. The highest BCUT2D eigenvalue weighted by molar-refractivity contribution is 5.61. The number of nitrogen functional groups attached to an aromatic ring is 6. The van der Waals surface area contributed by atoms with E-state index in [2.05, 4.69) is 65.6 Å². The fraction of sp³-hybridized carbons (Fsp3) is 0.214. The molecule has 18 heteroatoms. The maximum atomic E-state index is 6.52. The zero-order chi connectivity index (χ0) is 42.3. The predicted octanol–water partition coefficient (Wildman–Crippen LogP) is 5.16. The molecule has 12 N–H and O–H groups in total. The van der Waals surface area contributed by atoms with E-state index in [0.29, 0.717) is 54.5 Å². The van der Waals surface area contributed by atoms with Gasteiger partial charge in [-0.25, -0.2) is 0 Å². The molecule has 3 aromatic heterocycles. The van der Waals surface area contributed by atoms with Crippen molar-refractivity contribution in [2.24, 2.45) is 0 Å². The van der Waals surface area contributed by atoms with Crippen LogP contribution < -0.4 is 48.6 Å². The average Bonchev–Trinajstić information content (AvgIpc) is 3.23.